The van der Waals surface area contributed by atoms with Crippen LogP contribution >= 0.6 is 0 Å². The molecule has 0 spiro atoms. The van der Waals surface area contributed by atoms with Crippen molar-refractivity contribution in [1.29, 1.82) is 0 Å². The van der Waals surface area contributed by atoms with E-state index in [0.29, 0.717) is 5.56 Å². The van der Waals surface area contributed by atoms with Gasteiger partial charge >= 0.3 is 0 Å². The van der Waals surface area contributed by atoms with Gasteiger partial charge in [-0.15, -0.1) is 0 Å². The summed E-state index contributed by atoms with van der Waals surface area (Å²) in [7, 11) is 0. The Labute approximate surface area is 80.2 Å². The van der Waals surface area contributed by atoms with E-state index in [2.05, 4.69) is 4.98 Å². The minimum absolute atomic E-state index is 0.156. The van der Waals surface area contributed by atoms with Crippen molar-refractivity contribution in [3.8, 4) is 5.88 Å². The Bertz CT molecular complexity index is 311. The second-order valence-corrected chi connectivity index (χ2v) is 2.53. The van der Waals surface area contributed by atoms with Gasteiger partial charge in [-0.25, -0.2) is 4.98 Å². The topological polar surface area (TPSA) is 68.4 Å². The molecule has 1 aromatic rings. The SMILES string of the molecule is [2H]C([2H])(C)Oc1ccc([C@@H](N)CO)cn1. The fourth-order valence-electron chi connectivity index (χ4n) is 0.881. The molecule has 72 valence electrons. The van der Waals surface area contributed by atoms with Crippen molar-refractivity contribution in [3.05, 3.63) is 23.9 Å². The molecule has 1 rings (SSSR count). The van der Waals surface area contributed by atoms with Crippen LogP contribution in [-0.2, 0) is 0 Å². The zero-order valence-corrected chi connectivity index (χ0v) is 7.40. The second kappa shape index (κ2) is 4.79. The molecule has 0 unspecified atom stereocenters. The van der Waals surface area contributed by atoms with Crippen molar-refractivity contribution in [2.75, 3.05) is 13.2 Å². The first-order chi connectivity index (χ1) is 6.92. The lowest BCUT2D eigenvalue weighted by molar-refractivity contribution is 0.267. The molecule has 0 fully saturated rings. The number of aliphatic hydroxyl groups is 1. The zero-order valence-electron chi connectivity index (χ0n) is 9.40. The molecule has 1 aromatic heterocycles. The van der Waals surface area contributed by atoms with Crippen LogP contribution in [0, 0.1) is 0 Å². The highest BCUT2D eigenvalue weighted by atomic mass is 16.5. The maximum absolute atomic E-state index is 8.80. The van der Waals surface area contributed by atoms with Gasteiger partial charge < -0.3 is 15.6 Å². The molecule has 0 aliphatic carbocycles. The number of hydrogen-bond donors (Lipinski definition) is 2. The van der Waals surface area contributed by atoms with Gasteiger partial charge in [0.05, 0.1) is 21.9 Å². The lowest BCUT2D eigenvalue weighted by Crippen LogP contribution is -2.14. The normalized spacial score (nSPS) is 15.9. The molecule has 0 bridgehead atoms. The van der Waals surface area contributed by atoms with Crippen LogP contribution in [0.1, 0.15) is 21.3 Å². The molecule has 0 aliphatic heterocycles. The minimum atomic E-state index is -1.76. The summed E-state index contributed by atoms with van der Waals surface area (Å²) >= 11 is 0. The monoisotopic (exact) mass is 184 g/mol. The van der Waals surface area contributed by atoms with Gasteiger partial charge in [-0.05, 0) is 12.5 Å². The Morgan fingerprint density at radius 1 is 1.77 bits per heavy atom. The van der Waals surface area contributed by atoms with Gasteiger partial charge in [-0.3, -0.25) is 0 Å². The number of aliphatic hydroxyl groups excluding tert-OH is 1. The quantitative estimate of drug-likeness (QED) is 0.713. The van der Waals surface area contributed by atoms with E-state index < -0.39 is 12.6 Å². The van der Waals surface area contributed by atoms with Gasteiger partial charge in [-0.1, -0.05) is 6.07 Å². The summed E-state index contributed by atoms with van der Waals surface area (Å²) in [4.78, 5) is 3.88. The van der Waals surface area contributed by atoms with Crippen LogP contribution in [0.2, 0.25) is 0 Å². The van der Waals surface area contributed by atoms with Gasteiger partial charge in [0.1, 0.15) is 0 Å². The van der Waals surface area contributed by atoms with Crippen molar-refractivity contribution >= 4 is 0 Å². The van der Waals surface area contributed by atoms with E-state index in [1.54, 1.807) is 6.07 Å². The lowest BCUT2D eigenvalue weighted by atomic mass is 10.1. The van der Waals surface area contributed by atoms with Crippen LogP contribution in [0.4, 0.5) is 0 Å². The van der Waals surface area contributed by atoms with Crippen LogP contribution in [0.25, 0.3) is 0 Å². The predicted molar refractivity (Wildman–Crippen MR) is 49.4 cm³/mol. The molecule has 1 atom stereocenters. The number of rotatable bonds is 4. The maximum atomic E-state index is 8.80. The van der Waals surface area contributed by atoms with Crippen molar-refractivity contribution in [2.24, 2.45) is 5.73 Å². The fraction of sp³-hybridized carbons (Fsp3) is 0.444. The molecule has 3 N–H and O–H groups in total. The smallest absolute Gasteiger partial charge is 0.213 e. The van der Waals surface area contributed by atoms with E-state index in [1.165, 1.54) is 19.2 Å². The first-order valence-electron chi connectivity index (χ1n) is 4.94. The highest BCUT2D eigenvalue weighted by molar-refractivity contribution is 5.20. The molecule has 4 heteroatoms. The van der Waals surface area contributed by atoms with Crippen LogP contribution < -0.4 is 10.5 Å². The average Bonchev–Trinajstić information content (AvgIpc) is 2.15. The summed E-state index contributed by atoms with van der Waals surface area (Å²) in [6.07, 6.45) is 1.46. The molecule has 0 aliphatic rings. The number of hydrogen-bond acceptors (Lipinski definition) is 4. The number of aromatic nitrogens is 1. The second-order valence-electron chi connectivity index (χ2n) is 2.53. The summed E-state index contributed by atoms with van der Waals surface area (Å²) < 4.78 is 19.3. The van der Waals surface area contributed by atoms with E-state index in [4.69, 9.17) is 18.3 Å². The van der Waals surface area contributed by atoms with Crippen molar-refractivity contribution in [1.82, 2.24) is 4.98 Å². The molecule has 4 nitrogen and oxygen atoms in total. The summed E-state index contributed by atoms with van der Waals surface area (Å²) in [6.45, 7) is -0.619. The van der Waals surface area contributed by atoms with Gasteiger partial charge in [-0.2, -0.15) is 0 Å². The van der Waals surface area contributed by atoms with Gasteiger partial charge in [0.25, 0.3) is 0 Å². The average molecular weight is 184 g/mol. The van der Waals surface area contributed by atoms with Gasteiger partial charge in [0.2, 0.25) is 5.88 Å². The van der Waals surface area contributed by atoms with Crippen LogP contribution in [0.3, 0.4) is 0 Å². The summed E-state index contributed by atoms with van der Waals surface area (Å²) in [5.41, 5.74) is 6.25. The molecule has 0 amide bonds. The van der Waals surface area contributed by atoms with Crippen LogP contribution in [0.15, 0.2) is 18.3 Å². The molecule has 1 heterocycles. The lowest BCUT2D eigenvalue weighted by Gasteiger charge is -2.08. The van der Waals surface area contributed by atoms with Crippen LogP contribution in [0.5, 0.6) is 5.88 Å². The highest BCUT2D eigenvalue weighted by Crippen LogP contribution is 2.12. The van der Waals surface area contributed by atoms with E-state index >= 15 is 0 Å². The third kappa shape index (κ3) is 2.68. The first-order valence-corrected chi connectivity index (χ1v) is 3.94. The molecule has 13 heavy (non-hydrogen) atoms. The predicted octanol–water partition coefficient (Wildman–Crippen LogP) is 0.472. The number of pyridine rings is 1. The molecule has 0 saturated carbocycles. The van der Waals surface area contributed by atoms with E-state index in [9.17, 15) is 0 Å². The Hall–Kier alpha value is -1.13. The third-order valence-electron chi connectivity index (χ3n) is 1.59. The largest absolute Gasteiger partial charge is 0.478 e. The Morgan fingerprint density at radius 2 is 2.54 bits per heavy atom. The Balaban J connectivity index is 2.72. The van der Waals surface area contributed by atoms with Gasteiger partial charge in [0, 0.05) is 12.3 Å². The summed E-state index contributed by atoms with van der Waals surface area (Å²) in [5.74, 6) is 0.191. The minimum Gasteiger partial charge on any atom is -0.478 e. The summed E-state index contributed by atoms with van der Waals surface area (Å²) in [6, 6.07) is 2.70. The van der Waals surface area contributed by atoms with Crippen molar-refractivity contribution in [2.45, 2.75) is 13.0 Å². The maximum Gasteiger partial charge on any atom is 0.213 e. The van der Waals surface area contributed by atoms with Crippen LogP contribution in [-0.4, -0.2) is 23.3 Å². The Kier molecular flexibility index (Phi) is 2.69. The highest BCUT2D eigenvalue weighted by Gasteiger charge is 2.04. The summed E-state index contributed by atoms with van der Waals surface area (Å²) in [5, 5.41) is 8.80. The molecule has 0 radical (unpaired) electrons. The molecular formula is C9H14N2O2. The third-order valence-corrected chi connectivity index (χ3v) is 1.59. The van der Waals surface area contributed by atoms with Gasteiger partial charge in [0.15, 0.2) is 0 Å². The first kappa shape index (κ1) is 7.29. The molecule has 0 saturated heterocycles. The zero-order chi connectivity index (χ0) is 11.5. The number of nitrogens with two attached hydrogens (primary N) is 1. The number of nitrogens with zero attached hydrogens (tertiary/aromatic N) is 1. The molecule has 0 aromatic carbocycles. The van der Waals surface area contributed by atoms with Crippen molar-refractivity contribution < 1.29 is 12.6 Å². The van der Waals surface area contributed by atoms with E-state index in [-0.39, 0.29) is 12.5 Å². The number of ether oxygens (including phenoxy) is 1. The van der Waals surface area contributed by atoms with E-state index in [0.717, 1.165) is 0 Å². The standard InChI is InChI=1S/C9H14N2O2/c1-2-13-9-4-3-7(5-11-9)8(10)6-12/h3-5,8,12H,2,6,10H2,1H3/t8-/m0/s1/i2D2. The van der Waals surface area contributed by atoms with Crippen molar-refractivity contribution in [3.63, 3.8) is 0 Å². The fourth-order valence-corrected chi connectivity index (χ4v) is 0.881. The van der Waals surface area contributed by atoms with E-state index in [1.807, 2.05) is 0 Å². The Morgan fingerprint density at radius 3 is 3.00 bits per heavy atom. The molecular weight excluding hydrogens is 168 g/mol.